The highest BCUT2D eigenvalue weighted by molar-refractivity contribution is 5.61. The van der Waals surface area contributed by atoms with Gasteiger partial charge in [-0.05, 0) is 6.42 Å². The number of halogens is 2. The molecule has 0 atom stereocenters. The van der Waals surface area contributed by atoms with Crippen LogP contribution in [-0.2, 0) is 0 Å². The van der Waals surface area contributed by atoms with Gasteiger partial charge in [0.15, 0.2) is 6.61 Å². The summed E-state index contributed by atoms with van der Waals surface area (Å²) < 4.78 is 28.6. The topological polar surface area (TPSA) is 90.2 Å². The molecule has 0 spiro atoms. The first-order chi connectivity index (χ1) is 8.56. The summed E-state index contributed by atoms with van der Waals surface area (Å²) in [6, 6.07) is 0. The second-order valence-corrected chi connectivity index (χ2v) is 3.26. The summed E-state index contributed by atoms with van der Waals surface area (Å²) in [4.78, 5) is 17.3. The molecular formula is C9H12F2N4O3. The molecule has 9 heteroatoms. The molecule has 0 aliphatic rings. The molecule has 0 amide bonds. The van der Waals surface area contributed by atoms with Crippen LogP contribution >= 0.6 is 0 Å². The molecule has 1 N–H and O–H groups in total. The summed E-state index contributed by atoms with van der Waals surface area (Å²) in [5.41, 5.74) is -0.536. The van der Waals surface area contributed by atoms with Gasteiger partial charge in [-0.1, -0.05) is 6.92 Å². The Hall–Kier alpha value is -2.06. The van der Waals surface area contributed by atoms with Crippen LogP contribution in [0.25, 0.3) is 0 Å². The van der Waals surface area contributed by atoms with E-state index in [-0.39, 0.29) is 5.82 Å². The molecular weight excluding hydrogens is 250 g/mol. The van der Waals surface area contributed by atoms with Crippen molar-refractivity contribution in [3.8, 4) is 5.88 Å². The Labute approximate surface area is 101 Å². The first-order valence-electron chi connectivity index (χ1n) is 5.20. The molecule has 1 rings (SSSR count). The largest absolute Gasteiger partial charge is 0.467 e. The van der Waals surface area contributed by atoms with Gasteiger partial charge in [0.1, 0.15) is 6.33 Å². The van der Waals surface area contributed by atoms with Crippen LogP contribution < -0.4 is 10.1 Å². The predicted octanol–water partition coefficient (Wildman–Crippen LogP) is 1.85. The van der Waals surface area contributed by atoms with Gasteiger partial charge < -0.3 is 10.1 Å². The number of nitrogens with zero attached hydrogens (tertiary/aromatic N) is 3. The van der Waals surface area contributed by atoms with E-state index in [1.165, 1.54) is 0 Å². The maximum atomic E-state index is 12.0. The third-order valence-electron chi connectivity index (χ3n) is 1.86. The lowest BCUT2D eigenvalue weighted by atomic mass is 10.4. The van der Waals surface area contributed by atoms with Gasteiger partial charge in [0.25, 0.3) is 12.3 Å². The van der Waals surface area contributed by atoms with Gasteiger partial charge in [0.2, 0.25) is 5.82 Å². The summed E-state index contributed by atoms with van der Waals surface area (Å²) in [5.74, 6) is -0.505. The fourth-order valence-electron chi connectivity index (χ4n) is 1.15. The number of alkyl halides is 2. The van der Waals surface area contributed by atoms with Crippen molar-refractivity contribution in [1.82, 2.24) is 9.97 Å². The minimum absolute atomic E-state index is 0.0406. The quantitative estimate of drug-likeness (QED) is 0.595. The minimum Gasteiger partial charge on any atom is -0.467 e. The van der Waals surface area contributed by atoms with Crippen molar-refractivity contribution in [2.75, 3.05) is 18.5 Å². The molecule has 0 aliphatic carbocycles. The molecule has 0 bridgehead atoms. The molecule has 0 aromatic carbocycles. The zero-order valence-electron chi connectivity index (χ0n) is 9.60. The molecule has 100 valence electrons. The van der Waals surface area contributed by atoms with Gasteiger partial charge in [0, 0.05) is 6.54 Å². The van der Waals surface area contributed by atoms with Gasteiger partial charge in [-0.25, -0.2) is 13.8 Å². The standard InChI is InChI=1S/C9H12F2N4O3/c1-2-3-12-8-7(15(16)17)9(14-5-13-8)18-4-6(10)11/h5-6H,2-4H2,1H3,(H,12,13,14). The molecule has 0 saturated heterocycles. The van der Waals surface area contributed by atoms with E-state index in [0.717, 1.165) is 12.7 Å². The number of hydrogen-bond donors (Lipinski definition) is 1. The summed E-state index contributed by atoms with van der Waals surface area (Å²) in [6.45, 7) is 1.38. The lowest BCUT2D eigenvalue weighted by Crippen LogP contribution is -2.12. The van der Waals surface area contributed by atoms with Crippen LogP contribution in [0.1, 0.15) is 13.3 Å². The van der Waals surface area contributed by atoms with Gasteiger partial charge in [-0.2, -0.15) is 4.98 Å². The lowest BCUT2D eigenvalue weighted by molar-refractivity contribution is -0.385. The van der Waals surface area contributed by atoms with Crippen LogP contribution in [0.3, 0.4) is 0 Å². The maximum absolute atomic E-state index is 12.0. The normalized spacial score (nSPS) is 10.4. The molecule has 1 heterocycles. The van der Waals surface area contributed by atoms with E-state index in [4.69, 9.17) is 0 Å². The number of ether oxygens (including phenoxy) is 1. The number of nitrogens with one attached hydrogen (secondary N) is 1. The summed E-state index contributed by atoms with van der Waals surface area (Å²) in [5, 5.41) is 13.6. The Morgan fingerprint density at radius 3 is 2.83 bits per heavy atom. The highest BCUT2D eigenvalue weighted by Gasteiger charge is 2.24. The van der Waals surface area contributed by atoms with Crippen molar-refractivity contribution in [2.24, 2.45) is 0 Å². The van der Waals surface area contributed by atoms with Crippen LogP contribution in [0.5, 0.6) is 5.88 Å². The van der Waals surface area contributed by atoms with Crippen molar-refractivity contribution >= 4 is 11.5 Å². The molecule has 0 unspecified atom stereocenters. The molecule has 0 radical (unpaired) electrons. The van der Waals surface area contributed by atoms with Crippen molar-refractivity contribution in [3.63, 3.8) is 0 Å². The van der Waals surface area contributed by atoms with Gasteiger partial charge in [0.05, 0.1) is 4.92 Å². The highest BCUT2D eigenvalue weighted by atomic mass is 19.3. The van der Waals surface area contributed by atoms with E-state index >= 15 is 0 Å². The average Bonchev–Trinajstić information content (AvgIpc) is 2.33. The molecule has 1 aromatic rings. The van der Waals surface area contributed by atoms with E-state index in [2.05, 4.69) is 20.0 Å². The molecule has 7 nitrogen and oxygen atoms in total. The van der Waals surface area contributed by atoms with E-state index in [9.17, 15) is 18.9 Å². The third-order valence-corrected chi connectivity index (χ3v) is 1.86. The fourth-order valence-corrected chi connectivity index (χ4v) is 1.15. The minimum atomic E-state index is -2.73. The first-order valence-corrected chi connectivity index (χ1v) is 5.20. The van der Waals surface area contributed by atoms with Crippen LogP contribution in [-0.4, -0.2) is 34.5 Å². The molecule has 0 saturated carbocycles. The van der Waals surface area contributed by atoms with E-state index in [0.29, 0.717) is 6.54 Å². The number of nitro groups is 1. The van der Waals surface area contributed by atoms with Crippen LogP contribution in [0.2, 0.25) is 0 Å². The number of hydrogen-bond acceptors (Lipinski definition) is 6. The Morgan fingerprint density at radius 1 is 1.56 bits per heavy atom. The predicted molar refractivity (Wildman–Crippen MR) is 59.0 cm³/mol. The van der Waals surface area contributed by atoms with Crippen LogP contribution in [0, 0.1) is 10.1 Å². The lowest BCUT2D eigenvalue weighted by Gasteiger charge is -2.08. The average molecular weight is 262 g/mol. The smallest absolute Gasteiger partial charge is 0.372 e. The van der Waals surface area contributed by atoms with Gasteiger partial charge in [-0.15, -0.1) is 0 Å². The molecule has 18 heavy (non-hydrogen) atoms. The van der Waals surface area contributed by atoms with Crippen molar-refractivity contribution < 1.29 is 18.4 Å². The molecule has 0 fully saturated rings. The monoisotopic (exact) mass is 262 g/mol. The summed E-state index contributed by atoms with van der Waals surface area (Å²) in [7, 11) is 0. The van der Waals surface area contributed by atoms with Crippen LogP contribution in [0.15, 0.2) is 6.33 Å². The van der Waals surface area contributed by atoms with E-state index < -0.39 is 29.5 Å². The zero-order valence-corrected chi connectivity index (χ0v) is 9.60. The molecule has 0 aliphatic heterocycles. The Kier molecular flexibility index (Phi) is 5.15. The van der Waals surface area contributed by atoms with Crippen molar-refractivity contribution in [2.45, 2.75) is 19.8 Å². The van der Waals surface area contributed by atoms with E-state index in [1.54, 1.807) is 0 Å². The zero-order chi connectivity index (χ0) is 13.5. The van der Waals surface area contributed by atoms with E-state index in [1.807, 2.05) is 6.92 Å². The number of aromatic nitrogens is 2. The Bertz CT molecular complexity index is 417. The summed E-state index contributed by atoms with van der Waals surface area (Å²) in [6.07, 6.45) is -0.980. The second-order valence-electron chi connectivity index (χ2n) is 3.26. The summed E-state index contributed by atoms with van der Waals surface area (Å²) >= 11 is 0. The number of rotatable bonds is 7. The van der Waals surface area contributed by atoms with Gasteiger partial charge in [-0.3, -0.25) is 10.1 Å². The SMILES string of the molecule is CCCNc1ncnc(OCC(F)F)c1[N+](=O)[O-]. The Balaban J connectivity index is 2.97. The van der Waals surface area contributed by atoms with Crippen LogP contribution in [0.4, 0.5) is 20.3 Å². The fraction of sp³-hybridized carbons (Fsp3) is 0.556. The van der Waals surface area contributed by atoms with Crippen molar-refractivity contribution in [3.05, 3.63) is 16.4 Å². The first kappa shape index (κ1) is 14.0. The Morgan fingerprint density at radius 2 is 2.28 bits per heavy atom. The number of anilines is 1. The van der Waals surface area contributed by atoms with Crippen molar-refractivity contribution in [1.29, 1.82) is 0 Å². The van der Waals surface area contributed by atoms with Gasteiger partial charge >= 0.3 is 5.69 Å². The molecule has 1 aromatic heterocycles. The highest BCUT2D eigenvalue weighted by Crippen LogP contribution is 2.30. The third kappa shape index (κ3) is 3.75. The second kappa shape index (κ2) is 6.62. The maximum Gasteiger partial charge on any atom is 0.372 e.